The number of rotatable bonds is 2. The van der Waals surface area contributed by atoms with Crippen molar-refractivity contribution in [3.8, 4) is 11.8 Å². The number of ether oxygens (including phenoxy) is 1. The first-order valence-corrected chi connectivity index (χ1v) is 5.19. The van der Waals surface area contributed by atoms with Gasteiger partial charge in [0.1, 0.15) is 0 Å². The molecule has 0 unspecified atom stereocenters. The van der Waals surface area contributed by atoms with Crippen LogP contribution < -0.4 is 5.32 Å². The smallest absolute Gasteiger partial charge is 0.384 e. The van der Waals surface area contributed by atoms with Crippen LogP contribution in [0.4, 0.5) is 5.69 Å². The molecule has 1 N–H and O–H groups in total. The van der Waals surface area contributed by atoms with Crippen LogP contribution in [0.5, 0.6) is 0 Å². The van der Waals surface area contributed by atoms with E-state index >= 15 is 0 Å². The first-order chi connectivity index (χ1) is 8.13. The first kappa shape index (κ1) is 12.8. The number of esters is 1. The molecule has 4 heteroatoms. The monoisotopic (exact) mass is 231 g/mol. The highest BCUT2D eigenvalue weighted by Crippen LogP contribution is 2.13. The second-order valence-electron chi connectivity index (χ2n) is 3.20. The van der Waals surface area contributed by atoms with Crippen LogP contribution in [0.25, 0.3) is 0 Å². The molecule has 0 heterocycles. The number of carbonyl (C=O) groups is 2. The molecule has 0 saturated heterocycles. The van der Waals surface area contributed by atoms with Crippen molar-refractivity contribution in [2.75, 3.05) is 11.9 Å². The third-order valence-electron chi connectivity index (χ3n) is 1.81. The molecule has 1 aromatic carbocycles. The number of hydrogen-bond acceptors (Lipinski definition) is 3. The van der Waals surface area contributed by atoms with Crippen LogP contribution in [0.2, 0.25) is 0 Å². The van der Waals surface area contributed by atoms with Crippen LogP contribution in [-0.2, 0) is 14.3 Å². The molecule has 4 nitrogen and oxygen atoms in total. The second-order valence-corrected chi connectivity index (χ2v) is 3.20. The zero-order valence-electron chi connectivity index (χ0n) is 9.74. The Balaban J connectivity index is 2.90. The topological polar surface area (TPSA) is 55.4 Å². The molecule has 0 radical (unpaired) electrons. The zero-order chi connectivity index (χ0) is 12.7. The summed E-state index contributed by atoms with van der Waals surface area (Å²) in [5, 5.41) is 2.64. The lowest BCUT2D eigenvalue weighted by atomic mass is 10.2. The molecule has 0 aliphatic heterocycles. The van der Waals surface area contributed by atoms with Crippen molar-refractivity contribution >= 4 is 17.6 Å². The fourth-order valence-electron chi connectivity index (χ4n) is 1.18. The van der Waals surface area contributed by atoms with Gasteiger partial charge in [-0.2, -0.15) is 0 Å². The molecule has 0 bridgehead atoms. The molecule has 17 heavy (non-hydrogen) atoms. The highest BCUT2D eigenvalue weighted by Gasteiger charge is 2.01. The van der Waals surface area contributed by atoms with E-state index in [1.807, 2.05) is 0 Å². The van der Waals surface area contributed by atoms with Gasteiger partial charge in [-0.15, -0.1) is 0 Å². The summed E-state index contributed by atoms with van der Waals surface area (Å²) in [7, 11) is 0. The van der Waals surface area contributed by atoms with Crippen molar-refractivity contribution in [2.24, 2.45) is 0 Å². The molecule has 0 aliphatic carbocycles. The minimum absolute atomic E-state index is 0.185. The average Bonchev–Trinajstić information content (AvgIpc) is 2.27. The van der Waals surface area contributed by atoms with E-state index in [1.165, 1.54) is 6.92 Å². The number of carbonyl (C=O) groups excluding carboxylic acids is 2. The van der Waals surface area contributed by atoms with E-state index in [1.54, 1.807) is 31.2 Å². The molecule has 0 spiro atoms. The van der Waals surface area contributed by atoms with Crippen LogP contribution in [0.3, 0.4) is 0 Å². The minimum Gasteiger partial charge on any atom is -0.456 e. The van der Waals surface area contributed by atoms with Crippen molar-refractivity contribution in [3.63, 3.8) is 0 Å². The molecular weight excluding hydrogens is 218 g/mol. The summed E-state index contributed by atoms with van der Waals surface area (Å²) >= 11 is 0. The van der Waals surface area contributed by atoms with E-state index in [0.29, 0.717) is 17.9 Å². The molecule has 0 saturated carbocycles. The molecule has 1 rings (SSSR count). The van der Waals surface area contributed by atoms with Gasteiger partial charge >= 0.3 is 5.97 Å². The Bertz CT molecular complexity index is 483. The fraction of sp³-hybridized carbons (Fsp3) is 0.231. The molecule has 0 aromatic heterocycles. The van der Waals surface area contributed by atoms with Gasteiger partial charge in [0.2, 0.25) is 5.91 Å². The van der Waals surface area contributed by atoms with E-state index in [4.69, 9.17) is 0 Å². The summed E-state index contributed by atoms with van der Waals surface area (Å²) in [4.78, 5) is 22.0. The van der Waals surface area contributed by atoms with Gasteiger partial charge < -0.3 is 10.1 Å². The summed E-state index contributed by atoms with van der Waals surface area (Å²) in [5.41, 5.74) is 1.16. The van der Waals surface area contributed by atoms with Gasteiger partial charge in [-0.05, 0) is 19.1 Å². The minimum atomic E-state index is -0.579. The lowest BCUT2D eigenvalue weighted by Gasteiger charge is -2.03. The van der Waals surface area contributed by atoms with E-state index in [-0.39, 0.29) is 5.91 Å². The van der Waals surface area contributed by atoms with Crippen molar-refractivity contribution in [3.05, 3.63) is 29.8 Å². The Morgan fingerprint density at radius 3 is 2.71 bits per heavy atom. The van der Waals surface area contributed by atoms with Crippen molar-refractivity contribution < 1.29 is 14.3 Å². The van der Waals surface area contributed by atoms with E-state index in [9.17, 15) is 9.59 Å². The Morgan fingerprint density at radius 1 is 1.35 bits per heavy atom. The molecule has 88 valence electrons. The lowest BCUT2D eigenvalue weighted by Crippen LogP contribution is -2.07. The summed E-state index contributed by atoms with van der Waals surface area (Å²) in [6, 6.07) is 7.00. The molecule has 1 aromatic rings. The number of amides is 1. The quantitative estimate of drug-likeness (QED) is 0.620. The summed E-state index contributed by atoms with van der Waals surface area (Å²) in [6.45, 7) is 3.42. The Kier molecular flexibility index (Phi) is 4.77. The average molecular weight is 231 g/mol. The van der Waals surface area contributed by atoms with Crippen LogP contribution in [0, 0.1) is 11.8 Å². The number of anilines is 1. The maximum absolute atomic E-state index is 11.1. The predicted octanol–water partition coefficient (Wildman–Crippen LogP) is 1.56. The second kappa shape index (κ2) is 6.33. The maximum atomic E-state index is 11.1. The van der Waals surface area contributed by atoms with E-state index < -0.39 is 5.97 Å². The Labute approximate surface area is 100.0 Å². The van der Waals surface area contributed by atoms with Gasteiger partial charge in [-0.25, -0.2) is 4.79 Å². The summed E-state index contributed by atoms with van der Waals surface area (Å²) < 4.78 is 4.68. The number of nitrogens with one attached hydrogen (secondary N) is 1. The molecule has 0 atom stereocenters. The van der Waals surface area contributed by atoms with Crippen LogP contribution in [0.15, 0.2) is 24.3 Å². The van der Waals surface area contributed by atoms with Crippen LogP contribution in [-0.4, -0.2) is 18.5 Å². The van der Waals surface area contributed by atoms with Crippen molar-refractivity contribution in [1.82, 2.24) is 0 Å². The van der Waals surface area contributed by atoms with Crippen LogP contribution in [0.1, 0.15) is 19.4 Å². The lowest BCUT2D eigenvalue weighted by molar-refractivity contribution is -0.136. The summed E-state index contributed by atoms with van der Waals surface area (Å²) in [6.07, 6.45) is 0. The van der Waals surface area contributed by atoms with Gasteiger partial charge in [0, 0.05) is 18.4 Å². The van der Waals surface area contributed by atoms with Gasteiger partial charge in [0.15, 0.2) is 0 Å². The van der Waals surface area contributed by atoms with Crippen LogP contribution >= 0.6 is 0 Å². The van der Waals surface area contributed by atoms with E-state index in [0.717, 1.165) is 0 Å². The molecule has 1 amide bonds. The third kappa shape index (κ3) is 4.39. The van der Waals surface area contributed by atoms with Gasteiger partial charge in [-0.3, -0.25) is 4.79 Å². The molecular formula is C13H13NO3. The number of hydrogen-bond donors (Lipinski definition) is 1. The third-order valence-corrected chi connectivity index (χ3v) is 1.81. The van der Waals surface area contributed by atoms with Crippen molar-refractivity contribution in [2.45, 2.75) is 13.8 Å². The SMILES string of the molecule is CCOC(=O)C#Cc1ccccc1NC(C)=O. The van der Waals surface area contributed by atoms with Crippen molar-refractivity contribution in [1.29, 1.82) is 0 Å². The summed E-state index contributed by atoms with van der Waals surface area (Å²) in [5.74, 6) is 4.25. The Morgan fingerprint density at radius 2 is 2.06 bits per heavy atom. The molecule has 0 fully saturated rings. The van der Waals surface area contributed by atoms with E-state index in [2.05, 4.69) is 21.9 Å². The number of para-hydroxylation sites is 1. The highest BCUT2D eigenvalue weighted by atomic mass is 16.5. The number of benzene rings is 1. The Hall–Kier alpha value is -2.28. The largest absolute Gasteiger partial charge is 0.456 e. The van der Waals surface area contributed by atoms with Gasteiger partial charge in [-0.1, -0.05) is 18.1 Å². The molecule has 0 aliphatic rings. The van der Waals surface area contributed by atoms with Gasteiger partial charge in [0.05, 0.1) is 12.3 Å². The standard InChI is InChI=1S/C13H13NO3/c1-3-17-13(16)9-8-11-6-4-5-7-12(11)14-10(2)15/h4-7H,3H2,1-2H3,(H,14,15). The normalized spacial score (nSPS) is 8.82. The predicted molar refractivity (Wildman–Crippen MR) is 64.3 cm³/mol. The maximum Gasteiger partial charge on any atom is 0.384 e. The first-order valence-electron chi connectivity index (χ1n) is 5.19. The van der Waals surface area contributed by atoms with Gasteiger partial charge in [0.25, 0.3) is 0 Å². The fourth-order valence-corrected chi connectivity index (χ4v) is 1.18. The zero-order valence-corrected chi connectivity index (χ0v) is 9.74. The highest BCUT2D eigenvalue weighted by molar-refractivity contribution is 5.92.